The van der Waals surface area contributed by atoms with Gasteiger partial charge in [-0.2, -0.15) is 0 Å². The maximum atomic E-state index is 11.0. The van der Waals surface area contributed by atoms with E-state index in [0.717, 1.165) is 10.0 Å². The molecular formula is C14H10BrCl2NO3. The summed E-state index contributed by atoms with van der Waals surface area (Å²) in [4.78, 5) is 10.5. The fraction of sp³-hybridized carbons (Fsp3) is 0.143. The second-order valence-electron chi connectivity index (χ2n) is 4.17. The Labute approximate surface area is 139 Å². The Balaban J connectivity index is 2.22. The summed E-state index contributed by atoms with van der Waals surface area (Å²) in [6.07, 6.45) is 0. The fourth-order valence-corrected chi connectivity index (χ4v) is 2.75. The van der Waals surface area contributed by atoms with Crippen molar-refractivity contribution in [2.24, 2.45) is 0 Å². The van der Waals surface area contributed by atoms with E-state index >= 15 is 0 Å². The summed E-state index contributed by atoms with van der Waals surface area (Å²) in [5.41, 5.74) is 1.17. The Kier molecular flexibility index (Phi) is 5.45. The first kappa shape index (κ1) is 16.1. The van der Waals surface area contributed by atoms with Gasteiger partial charge in [0.25, 0.3) is 5.69 Å². The van der Waals surface area contributed by atoms with Crippen LogP contribution in [0.2, 0.25) is 5.02 Å². The SMILES string of the molecule is O=[N+]([O-])c1cccc(Cl)c1COc1ccc(Br)c(CCl)c1. The number of nitro groups is 1. The van der Waals surface area contributed by atoms with Crippen LogP contribution in [-0.2, 0) is 12.5 Å². The molecule has 0 amide bonds. The maximum absolute atomic E-state index is 11.0. The lowest BCUT2D eigenvalue weighted by molar-refractivity contribution is -0.385. The smallest absolute Gasteiger partial charge is 0.277 e. The van der Waals surface area contributed by atoms with E-state index in [1.165, 1.54) is 12.1 Å². The van der Waals surface area contributed by atoms with Crippen LogP contribution in [0.5, 0.6) is 5.75 Å². The minimum Gasteiger partial charge on any atom is -0.489 e. The molecule has 0 spiro atoms. The number of nitrogens with zero attached hydrogens (tertiary/aromatic N) is 1. The molecule has 0 atom stereocenters. The Morgan fingerprint density at radius 2 is 2.05 bits per heavy atom. The molecule has 0 bridgehead atoms. The molecule has 0 aliphatic rings. The first-order valence-electron chi connectivity index (χ1n) is 5.92. The lowest BCUT2D eigenvalue weighted by Crippen LogP contribution is -2.01. The van der Waals surface area contributed by atoms with Crippen molar-refractivity contribution in [3.8, 4) is 5.75 Å². The van der Waals surface area contributed by atoms with Crippen LogP contribution in [0.15, 0.2) is 40.9 Å². The highest BCUT2D eigenvalue weighted by atomic mass is 79.9. The Morgan fingerprint density at radius 3 is 2.71 bits per heavy atom. The lowest BCUT2D eigenvalue weighted by atomic mass is 10.2. The van der Waals surface area contributed by atoms with E-state index in [-0.39, 0.29) is 12.3 Å². The zero-order valence-electron chi connectivity index (χ0n) is 10.7. The number of alkyl halides is 1. The van der Waals surface area contributed by atoms with E-state index in [4.69, 9.17) is 27.9 Å². The fourth-order valence-electron chi connectivity index (χ4n) is 1.76. The molecule has 0 saturated carbocycles. The van der Waals surface area contributed by atoms with Crippen molar-refractivity contribution in [3.05, 3.63) is 67.1 Å². The predicted octanol–water partition coefficient (Wildman–Crippen LogP) is 5.33. The van der Waals surface area contributed by atoms with E-state index < -0.39 is 4.92 Å². The van der Waals surface area contributed by atoms with Crippen molar-refractivity contribution < 1.29 is 9.66 Å². The molecule has 110 valence electrons. The Hall–Kier alpha value is -1.30. The van der Waals surface area contributed by atoms with Gasteiger partial charge in [-0.1, -0.05) is 33.6 Å². The van der Waals surface area contributed by atoms with Crippen LogP contribution >= 0.6 is 39.1 Å². The van der Waals surface area contributed by atoms with Crippen molar-refractivity contribution in [1.82, 2.24) is 0 Å². The van der Waals surface area contributed by atoms with Gasteiger partial charge >= 0.3 is 0 Å². The molecule has 7 heteroatoms. The summed E-state index contributed by atoms with van der Waals surface area (Å²) in [5.74, 6) is 0.910. The quantitative estimate of drug-likeness (QED) is 0.394. The first-order chi connectivity index (χ1) is 10.0. The largest absolute Gasteiger partial charge is 0.489 e. The van der Waals surface area contributed by atoms with Gasteiger partial charge in [-0.3, -0.25) is 10.1 Å². The third kappa shape index (κ3) is 3.87. The second kappa shape index (κ2) is 7.11. The molecule has 0 heterocycles. The van der Waals surface area contributed by atoms with Crippen LogP contribution in [0.3, 0.4) is 0 Å². The third-order valence-electron chi connectivity index (χ3n) is 2.84. The summed E-state index contributed by atoms with van der Waals surface area (Å²) in [6, 6.07) is 9.88. The van der Waals surface area contributed by atoms with E-state index in [0.29, 0.717) is 22.2 Å². The molecule has 0 aliphatic carbocycles. The predicted molar refractivity (Wildman–Crippen MR) is 86.1 cm³/mol. The molecule has 0 saturated heterocycles. The van der Waals surface area contributed by atoms with E-state index in [9.17, 15) is 10.1 Å². The lowest BCUT2D eigenvalue weighted by Gasteiger charge is -2.10. The number of hydrogen-bond donors (Lipinski definition) is 0. The van der Waals surface area contributed by atoms with Crippen LogP contribution in [0, 0.1) is 10.1 Å². The Bertz CT molecular complexity index is 679. The van der Waals surface area contributed by atoms with Crippen molar-refractivity contribution in [1.29, 1.82) is 0 Å². The number of ether oxygens (including phenoxy) is 1. The van der Waals surface area contributed by atoms with Gasteiger partial charge in [-0.15, -0.1) is 11.6 Å². The van der Waals surface area contributed by atoms with Crippen LogP contribution in [-0.4, -0.2) is 4.92 Å². The van der Waals surface area contributed by atoms with Crippen molar-refractivity contribution in [2.45, 2.75) is 12.5 Å². The molecule has 0 aliphatic heterocycles. The van der Waals surface area contributed by atoms with Gasteiger partial charge in [-0.25, -0.2) is 0 Å². The number of nitro benzene ring substituents is 1. The van der Waals surface area contributed by atoms with Crippen molar-refractivity contribution in [2.75, 3.05) is 0 Å². The van der Waals surface area contributed by atoms with E-state index in [1.807, 2.05) is 6.07 Å². The van der Waals surface area contributed by atoms with E-state index in [1.54, 1.807) is 18.2 Å². The van der Waals surface area contributed by atoms with Gasteiger partial charge in [0.1, 0.15) is 12.4 Å². The highest BCUT2D eigenvalue weighted by Gasteiger charge is 2.17. The molecule has 0 aromatic heterocycles. The van der Waals surface area contributed by atoms with E-state index in [2.05, 4.69) is 15.9 Å². The monoisotopic (exact) mass is 389 g/mol. The molecule has 0 fully saturated rings. The summed E-state index contributed by atoms with van der Waals surface area (Å²) >= 11 is 15.2. The van der Waals surface area contributed by atoms with Gasteiger partial charge in [0.05, 0.1) is 15.5 Å². The molecule has 0 radical (unpaired) electrons. The van der Waals surface area contributed by atoms with Gasteiger partial charge in [0, 0.05) is 16.4 Å². The highest BCUT2D eigenvalue weighted by molar-refractivity contribution is 9.10. The maximum Gasteiger partial charge on any atom is 0.277 e. The molecule has 2 rings (SSSR count). The average molecular weight is 391 g/mol. The van der Waals surface area contributed by atoms with Gasteiger partial charge < -0.3 is 4.74 Å². The summed E-state index contributed by atoms with van der Waals surface area (Å²) in [5, 5.41) is 11.3. The molecule has 4 nitrogen and oxygen atoms in total. The van der Waals surface area contributed by atoms with Gasteiger partial charge in [0.2, 0.25) is 0 Å². The number of hydrogen-bond acceptors (Lipinski definition) is 3. The molecular weight excluding hydrogens is 381 g/mol. The normalized spacial score (nSPS) is 10.4. The second-order valence-corrected chi connectivity index (χ2v) is 5.70. The third-order valence-corrected chi connectivity index (χ3v) is 4.25. The standard InChI is InChI=1S/C14H10BrCl2NO3/c15-12-5-4-10(6-9(12)7-16)21-8-11-13(17)2-1-3-14(11)18(19)20/h1-6H,7-8H2. The summed E-state index contributed by atoms with van der Waals surface area (Å²) in [7, 11) is 0. The summed E-state index contributed by atoms with van der Waals surface area (Å²) < 4.78 is 6.48. The highest BCUT2D eigenvalue weighted by Crippen LogP contribution is 2.29. The van der Waals surface area contributed by atoms with Crippen molar-refractivity contribution >= 4 is 44.8 Å². The van der Waals surface area contributed by atoms with Gasteiger partial charge in [-0.05, 0) is 29.8 Å². The summed E-state index contributed by atoms with van der Waals surface area (Å²) in [6.45, 7) is 0.0132. The molecule has 0 N–H and O–H groups in total. The Morgan fingerprint density at radius 1 is 1.29 bits per heavy atom. The number of rotatable bonds is 5. The van der Waals surface area contributed by atoms with Gasteiger partial charge in [0.15, 0.2) is 0 Å². The molecule has 2 aromatic carbocycles. The molecule has 21 heavy (non-hydrogen) atoms. The number of benzene rings is 2. The van der Waals surface area contributed by atoms with Crippen LogP contribution < -0.4 is 4.74 Å². The topological polar surface area (TPSA) is 52.4 Å². The molecule has 0 unspecified atom stereocenters. The van der Waals surface area contributed by atoms with Crippen LogP contribution in [0.4, 0.5) is 5.69 Å². The van der Waals surface area contributed by atoms with Crippen LogP contribution in [0.1, 0.15) is 11.1 Å². The van der Waals surface area contributed by atoms with Crippen molar-refractivity contribution in [3.63, 3.8) is 0 Å². The minimum absolute atomic E-state index is 0.0132. The number of halogens is 3. The average Bonchev–Trinajstić information content (AvgIpc) is 2.47. The molecule has 2 aromatic rings. The first-order valence-corrected chi connectivity index (χ1v) is 7.62. The minimum atomic E-state index is -0.476. The zero-order chi connectivity index (χ0) is 15.4. The van der Waals surface area contributed by atoms with Crippen LogP contribution in [0.25, 0.3) is 0 Å². The zero-order valence-corrected chi connectivity index (χ0v) is 13.8.